The Hall–Kier alpha value is -1.67. The van der Waals surface area contributed by atoms with Crippen molar-refractivity contribution in [2.45, 2.75) is 6.10 Å². The second-order valence-electron chi connectivity index (χ2n) is 6.92. The van der Waals surface area contributed by atoms with Crippen molar-refractivity contribution in [3.8, 4) is 5.75 Å². The predicted octanol–water partition coefficient (Wildman–Crippen LogP) is 1.75. The highest BCUT2D eigenvalue weighted by Crippen LogP contribution is 2.18. The summed E-state index contributed by atoms with van der Waals surface area (Å²) in [7, 11) is 0. The number of nitrogens with one attached hydrogen (secondary N) is 1. The number of benzene rings is 2. The summed E-state index contributed by atoms with van der Waals surface area (Å²) in [5.74, 6) is 0.620. The second-order valence-corrected chi connectivity index (χ2v) is 7.84. The van der Waals surface area contributed by atoms with E-state index in [-0.39, 0.29) is 5.82 Å². The molecule has 2 aromatic carbocycles. The average molecular weight is 454 g/mol. The van der Waals surface area contributed by atoms with Gasteiger partial charge < -0.3 is 24.4 Å². The summed E-state index contributed by atoms with van der Waals surface area (Å²) in [6.07, 6.45) is -0.511. The highest BCUT2D eigenvalue weighted by atomic mass is 79.9. The summed E-state index contributed by atoms with van der Waals surface area (Å²) in [5.41, 5.74) is 0.663. The van der Waals surface area contributed by atoms with E-state index < -0.39 is 6.10 Å². The van der Waals surface area contributed by atoms with E-state index in [4.69, 9.17) is 9.47 Å². The summed E-state index contributed by atoms with van der Waals surface area (Å²) in [6.45, 7) is 5.13. The molecule has 0 saturated carbocycles. The molecule has 28 heavy (non-hydrogen) atoms. The molecule has 0 amide bonds. The van der Waals surface area contributed by atoms with Crippen LogP contribution in [0.4, 0.5) is 10.1 Å². The fourth-order valence-corrected chi connectivity index (χ4v) is 3.60. The van der Waals surface area contributed by atoms with Gasteiger partial charge in [0.05, 0.1) is 45.1 Å². The van der Waals surface area contributed by atoms with Crippen LogP contribution in [0.15, 0.2) is 53.0 Å². The van der Waals surface area contributed by atoms with Crippen LogP contribution >= 0.6 is 15.9 Å². The molecule has 0 radical (unpaired) electrons. The molecule has 1 saturated heterocycles. The van der Waals surface area contributed by atoms with Crippen LogP contribution < -0.4 is 14.5 Å². The van der Waals surface area contributed by atoms with Gasteiger partial charge in [-0.3, -0.25) is 0 Å². The molecule has 2 N–H and O–H groups in total. The van der Waals surface area contributed by atoms with E-state index >= 15 is 0 Å². The van der Waals surface area contributed by atoms with Gasteiger partial charge in [-0.1, -0.05) is 28.1 Å². The van der Waals surface area contributed by atoms with Crippen LogP contribution in [-0.2, 0) is 4.74 Å². The van der Waals surface area contributed by atoms with Crippen LogP contribution in [0, 0.1) is 5.82 Å². The molecule has 1 atom stereocenters. The summed E-state index contributed by atoms with van der Waals surface area (Å²) < 4.78 is 26.0. The lowest BCUT2D eigenvalue weighted by molar-refractivity contribution is -0.903. The van der Waals surface area contributed by atoms with Crippen LogP contribution in [0.1, 0.15) is 0 Å². The maximum Gasteiger partial charge on any atom is 0.146 e. The van der Waals surface area contributed by atoms with E-state index in [9.17, 15) is 9.50 Å². The van der Waals surface area contributed by atoms with Gasteiger partial charge >= 0.3 is 0 Å². The van der Waals surface area contributed by atoms with Gasteiger partial charge in [-0.2, -0.15) is 0 Å². The average Bonchev–Trinajstić information content (AvgIpc) is 2.70. The number of quaternary nitrogens is 1. The van der Waals surface area contributed by atoms with Crippen molar-refractivity contribution in [1.29, 1.82) is 0 Å². The molecule has 1 fully saturated rings. The molecule has 5 nitrogen and oxygen atoms in total. The van der Waals surface area contributed by atoms with Crippen LogP contribution in [0.25, 0.3) is 0 Å². The van der Waals surface area contributed by atoms with Crippen LogP contribution in [-0.4, -0.2) is 63.8 Å². The van der Waals surface area contributed by atoms with Crippen molar-refractivity contribution >= 4 is 21.6 Å². The molecule has 0 unspecified atom stereocenters. The molecule has 3 rings (SSSR count). The molecule has 1 aliphatic heterocycles. The van der Waals surface area contributed by atoms with Gasteiger partial charge in [0.25, 0.3) is 0 Å². The fourth-order valence-electron chi connectivity index (χ4n) is 3.34. The lowest BCUT2D eigenvalue weighted by Crippen LogP contribution is -3.16. The standard InChI is InChI=1S/C21H26BrFN2O3/c22-17-5-7-19(8-6-17)28-14-13-27-16-18(26)15-24-9-11-25(12-10-24)21-4-2-1-3-20(21)23/h1-8,18,26H,9-16H2/p+1/t18-/m1/s1. The van der Waals surface area contributed by atoms with Gasteiger partial charge in [0, 0.05) is 4.47 Å². The Balaban J connectivity index is 1.29. The van der Waals surface area contributed by atoms with Crippen molar-refractivity contribution in [3.05, 3.63) is 58.8 Å². The van der Waals surface area contributed by atoms with Crippen LogP contribution in [0.2, 0.25) is 0 Å². The Labute approximate surface area is 173 Å². The Morgan fingerprint density at radius 3 is 2.50 bits per heavy atom. The fraction of sp³-hybridized carbons (Fsp3) is 0.429. The van der Waals surface area contributed by atoms with E-state index in [1.54, 1.807) is 6.07 Å². The second kappa shape index (κ2) is 10.8. The van der Waals surface area contributed by atoms with Gasteiger partial charge in [0.2, 0.25) is 0 Å². The third-order valence-electron chi connectivity index (χ3n) is 4.81. The van der Waals surface area contributed by atoms with Gasteiger partial charge in [-0.25, -0.2) is 4.39 Å². The van der Waals surface area contributed by atoms with Crippen molar-refractivity contribution < 1.29 is 23.9 Å². The molecular weight excluding hydrogens is 427 g/mol. The van der Waals surface area contributed by atoms with Gasteiger partial charge in [0.1, 0.15) is 30.8 Å². The Bertz CT molecular complexity index is 724. The maximum absolute atomic E-state index is 13.9. The minimum Gasteiger partial charge on any atom is -0.491 e. The number of halogens is 2. The Morgan fingerprint density at radius 2 is 1.79 bits per heavy atom. The lowest BCUT2D eigenvalue weighted by atomic mass is 10.2. The normalized spacial score (nSPS) is 16.2. The smallest absolute Gasteiger partial charge is 0.146 e. The molecule has 152 valence electrons. The maximum atomic E-state index is 13.9. The van der Waals surface area contributed by atoms with Crippen LogP contribution in [0.5, 0.6) is 5.75 Å². The third-order valence-corrected chi connectivity index (χ3v) is 5.34. The highest BCUT2D eigenvalue weighted by Gasteiger charge is 2.23. The van der Waals surface area contributed by atoms with Gasteiger partial charge in [-0.15, -0.1) is 0 Å². The topological polar surface area (TPSA) is 46.4 Å². The highest BCUT2D eigenvalue weighted by molar-refractivity contribution is 9.10. The van der Waals surface area contributed by atoms with E-state index in [0.29, 0.717) is 32.1 Å². The van der Waals surface area contributed by atoms with Gasteiger partial charge in [0.15, 0.2) is 0 Å². The predicted molar refractivity (Wildman–Crippen MR) is 111 cm³/mol. The number of piperazine rings is 1. The first-order valence-corrected chi connectivity index (χ1v) is 10.4. The van der Waals surface area contributed by atoms with Crippen molar-refractivity contribution in [3.63, 3.8) is 0 Å². The summed E-state index contributed by atoms with van der Waals surface area (Å²) in [6, 6.07) is 14.5. The van der Waals surface area contributed by atoms with Crippen molar-refractivity contribution in [2.75, 3.05) is 57.4 Å². The van der Waals surface area contributed by atoms with Crippen LogP contribution in [0.3, 0.4) is 0 Å². The number of nitrogens with zero attached hydrogens (tertiary/aromatic N) is 1. The largest absolute Gasteiger partial charge is 0.491 e. The molecule has 7 heteroatoms. The summed E-state index contributed by atoms with van der Waals surface area (Å²) >= 11 is 3.38. The number of rotatable bonds is 9. The first-order valence-electron chi connectivity index (χ1n) is 9.59. The number of anilines is 1. The first kappa shape index (κ1) is 21.0. The quantitative estimate of drug-likeness (QED) is 0.567. The third kappa shape index (κ3) is 6.44. The first-order chi connectivity index (χ1) is 13.6. The molecule has 0 aromatic heterocycles. The van der Waals surface area contributed by atoms with E-state index in [1.807, 2.05) is 36.4 Å². The zero-order valence-corrected chi connectivity index (χ0v) is 17.4. The monoisotopic (exact) mass is 453 g/mol. The number of hydrogen-bond acceptors (Lipinski definition) is 4. The number of aliphatic hydroxyl groups is 1. The number of hydrogen-bond donors (Lipinski definition) is 2. The SMILES string of the molecule is O[C@@H](COCCOc1ccc(Br)cc1)C[NH+]1CCN(c2ccccc2F)CC1. The van der Waals surface area contributed by atoms with Gasteiger partial charge in [-0.05, 0) is 36.4 Å². The molecule has 0 bridgehead atoms. The molecule has 0 aliphatic carbocycles. The molecule has 1 aliphatic rings. The zero-order chi connectivity index (χ0) is 19.8. The van der Waals surface area contributed by atoms with E-state index in [1.165, 1.54) is 11.0 Å². The number of para-hydroxylation sites is 1. The molecular formula is C21H27BrFN2O3+. The molecule has 1 heterocycles. The number of ether oxygens (including phenoxy) is 2. The van der Waals surface area contributed by atoms with Crippen molar-refractivity contribution in [1.82, 2.24) is 0 Å². The Kier molecular flexibility index (Phi) is 8.09. The van der Waals surface area contributed by atoms with Crippen molar-refractivity contribution in [2.24, 2.45) is 0 Å². The molecule has 0 spiro atoms. The minimum absolute atomic E-state index is 0.176. The lowest BCUT2D eigenvalue weighted by Gasteiger charge is -2.34. The van der Waals surface area contributed by atoms with E-state index in [2.05, 4.69) is 20.8 Å². The number of aliphatic hydroxyl groups excluding tert-OH is 1. The minimum atomic E-state index is -0.511. The summed E-state index contributed by atoms with van der Waals surface area (Å²) in [4.78, 5) is 3.39. The summed E-state index contributed by atoms with van der Waals surface area (Å²) in [5, 5.41) is 10.2. The molecule has 2 aromatic rings. The zero-order valence-electron chi connectivity index (χ0n) is 15.8. The van der Waals surface area contributed by atoms with E-state index in [0.717, 1.165) is 36.4 Å². The Morgan fingerprint density at radius 1 is 1.07 bits per heavy atom.